The molecule has 1 aromatic rings. The summed E-state index contributed by atoms with van der Waals surface area (Å²) in [7, 11) is 4.28. The van der Waals surface area contributed by atoms with Gasteiger partial charge in [-0.2, -0.15) is 0 Å². The first-order chi connectivity index (χ1) is 25.1. The molecule has 7 nitrogen and oxygen atoms in total. The number of ether oxygens (including phenoxy) is 1. The average Bonchev–Trinajstić information content (AvgIpc) is 3.38. The van der Waals surface area contributed by atoms with Crippen LogP contribution in [0.2, 0.25) is 0 Å². The first-order valence-electron chi connectivity index (χ1n) is 21.3. The molecule has 0 saturated heterocycles. The molecule has 9 atom stereocenters. The number of likely N-dealkylation sites (N-methyl/N-ethyl adjacent to an activating group) is 1. The van der Waals surface area contributed by atoms with Crippen molar-refractivity contribution in [2.75, 3.05) is 27.2 Å². The topological polar surface area (TPSA) is 95.9 Å². The van der Waals surface area contributed by atoms with Crippen molar-refractivity contribution in [3.05, 3.63) is 47.0 Å². The molecule has 0 spiro atoms. The van der Waals surface area contributed by atoms with Crippen LogP contribution in [0.4, 0.5) is 0 Å². The molecule has 0 aliphatic heterocycles. The number of allylic oxidation sites excluding steroid dienone is 2. The molecule has 300 valence electrons. The summed E-state index contributed by atoms with van der Waals surface area (Å²) in [5, 5.41) is 13.6. The van der Waals surface area contributed by atoms with Gasteiger partial charge in [-0.1, -0.05) is 84.4 Å². The summed E-state index contributed by atoms with van der Waals surface area (Å²) in [5.74, 6) is 0.652. The van der Waals surface area contributed by atoms with Crippen molar-refractivity contribution in [3.63, 3.8) is 0 Å². The number of hydrogen-bond acceptors (Lipinski definition) is 6. The number of carboxylic acid groups (broad SMARTS) is 1. The maximum absolute atomic E-state index is 14.2. The molecule has 7 heteroatoms. The second-order valence-corrected chi connectivity index (χ2v) is 21.1. The van der Waals surface area contributed by atoms with E-state index in [1.54, 1.807) is 19.4 Å². The molecule has 0 aromatic heterocycles. The Morgan fingerprint density at radius 3 is 2.24 bits per heavy atom. The van der Waals surface area contributed by atoms with Gasteiger partial charge in [0.2, 0.25) is 0 Å². The molecular weight excluding hydrogens is 673 g/mol. The Morgan fingerprint density at radius 2 is 1.61 bits per heavy atom. The van der Waals surface area contributed by atoms with Gasteiger partial charge >= 0.3 is 11.9 Å². The van der Waals surface area contributed by atoms with Crippen molar-refractivity contribution < 1.29 is 24.2 Å². The first kappa shape index (κ1) is 41.1. The van der Waals surface area contributed by atoms with Crippen LogP contribution in [-0.2, 0) is 19.1 Å². The van der Waals surface area contributed by atoms with Crippen molar-refractivity contribution in [1.29, 1.82) is 0 Å². The predicted octanol–water partition coefficient (Wildman–Crippen LogP) is 9.66. The Morgan fingerprint density at radius 1 is 0.926 bits per heavy atom. The number of carbonyl (C=O) groups excluding carboxylic acids is 2. The molecule has 4 saturated carbocycles. The van der Waals surface area contributed by atoms with Gasteiger partial charge in [0.05, 0.1) is 11.8 Å². The van der Waals surface area contributed by atoms with E-state index >= 15 is 0 Å². The van der Waals surface area contributed by atoms with Crippen molar-refractivity contribution in [3.8, 4) is 0 Å². The average molecular weight is 745 g/mol. The van der Waals surface area contributed by atoms with Gasteiger partial charge in [0.15, 0.2) is 5.78 Å². The summed E-state index contributed by atoms with van der Waals surface area (Å²) >= 11 is 0. The van der Waals surface area contributed by atoms with Crippen molar-refractivity contribution in [2.24, 2.45) is 56.2 Å². The Kier molecular flexibility index (Phi) is 11.0. The Bertz CT molecular complexity index is 1630. The monoisotopic (exact) mass is 745 g/mol. The Balaban J connectivity index is 1.25. The minimum Gasteiger partial charge on any atom is -0.481 e. The molecule has 4 fully saturated rings. The predicted molar refractivity (Wildman–Crippen MR) is 216 cm³/mol. The maximum Gasteiger partial charge on any atom is 0.309 e. The fourth-order valence-electron chi connectivity index (χ4n) is 13.7. The quantitative estimate of drug-likeness (QED) is 0.206. The van der Waals surface area contributed by atoms with Gasteiger partial charge in [-0.3, -0.25) is 14.4 Å². The second kappa shape index (κ2) is 14.5. The van der Waals surface area contributed by atoms with Crippen LogP contribution in [0.1, 0.15) is 145 Å². The number of hydrogen-bond donors (Lipinski definition) is 2. The van der Waals surface area contributed by atoms with Gasteiger partial charge < -0.3 is 20.1 Å². The van der Waals surface area contributed by atoms with Crippen LogP contribution in [0.25, 0.3) is 0 Å². The van der Waals surface area contributed by atoms with E-state index in [-0.39, 0.29) is 51.6 Å². The zero-order chi connectivity index (χ0) is 39.6. The van der Waals surface area contributed by atoms with Gasteiger partial charge in [0, 0.05) is 29.8 Å². The van der Waals surface area contributed by atoms with Crippen LogP contribution in [0.15, 0.2) is 41.5 Å². The number of ketones is 1. The minimum atomic E-state index is -1.15. The summed E-state index contributed by atoms with van der Waals surface area (Å²) in [6.07, 6.45) is 10.0. The number of rotatable bonds is 12. The lowest BCUT2D eigenvalue weighted by Crippen LogP contribution is -2.65. The third kappa shape index (κ3) is 6.73. The lowest BCUT2D eigenvalue weighted by molar-refractivity contribution is -0.233. The SMILES string of the molecule is CC(C)C1=C2C3CC[C@@H]4[C@@]5(C)CC[C@H](OC(=O)CC(C)(C)C(=O)O)C(C)(C)[C@@H]5CC[C@@]4(C)[C@]3(C)CCC2(CCNC(CN(C)C)c2ccccc2)CC1=O. The zero-order valence-electron chi connectivity index (χ0n) is 35.6. The number of nitrogens with one attached hydrogen (secondary N) is 1. The van der Waals surface area contributed by atoms with Gasteiger partial charge in [-0.25, -0.2) is 0 Å². The van der Waals surface area contributed by atoms with E-state index < -0.39 is 17.4 Å². The molecule has 2 N–H and O–H groups in total. The van der Waals surface area contributed by atoms with E-state index in [2.05, 4.69) is 103 Å². The fourth-order valence-corrected chi connectivity index (χ4v) is 13.7. The Labute approximate surface area is 326 Å². The summed E-state index contributed by atoms with van der Waals surface area (Å²) in [5.41, 5.74) is 2.97. The molecule has 6 rings (SSSR count). The van der Waals surface area contributed by atoms with E-state index in [4.69, 9.17) is 4.74 Å². The second-order valence-electron chi connectivity index (χ2n) is 21.1. The molecule has 1 aromatic carbocycles. The normalized spacial score (nSPS) is 36.6. The molecule has 54 heavy (non-hydrogen) atoms. The number of fused-ring (bicyclic) bond motifs is 7. The van der Waals surface area contributed by atoms with Gasteiger partial charge in [-0.15, -0.1) is 0 Å². The van der Waals surface area contributed by atoms with Crippen LogP contribution in [0, 0.1) is 56.2 Å². The van der Waals surface area contributed by atoms with E-state index in [1.165, 1.54) is 12.0 Å². The smallest absolute Gasteiger partial charge is 0.309 e. The highest BCUT2D eigenvalue weighted by molar-refractivity contribution is 6.00. The summed E-state index contributed by atoms with van der Waals surface area (Å²) in [6.45, 7) is 21.9. The van der Waals surface area contributed by atoms with Gasteiger partial charge in [0.25, 0.3) is 0 Å². The van der Waals surface area contributed by atoms with Crippen LogP contribution in [0.3, 0.4) is 0 Å². The van der Waals surface area contributed by atoms with Crippen molar-refractivity contribution in [1.82, 2.24) is 10.2 Å². The molecule has 0 heterocycles. The van der Waals surface area contributed by atoms with Crippen LogP contribution < -0.4 is 5.32 Å². The van der Waals surface area contributed by atoms with Crippen molar-refractivity contribution >= 4 is 17.7 Å². The number of carbonyl (C=O) groups is 3. The fraction of sp³-hybridized carbons (Fsp3) is 0.766. The number of carboxylic acids is 1. The van der Waals surface area contributed by atoms with Gasteiger partial charge in [0.1, 0.15) is 6.10 Å². The molecule has 5 aliphatic rings. The van der Waals surface area contributed by atoms with Gasteiger partial charge in [-0.05, 0) is 143 Å². The lowest BCUT2D eigenvalue weighted by Gasteiger charge is -2.72. The van der Waals surface area contributed by atoms with E-state index in [0.29, 0.717) is 30.0 Å². The van der Waals surface area contributed by atoms with E-state index in [0.717, 1.165) is 70.0 Å². The summed E-state index contributed by atoms with van der Waals surface area (Å²) < 4.78 is 6.20. The van der Waals surface area contributed by atoms with Crippen molar-refractivity contribution in [2.45, 2.75) is 145 Å². The van der Waals surface area contributed by atoms with Crippen LogP contribution >= 0.6 is 0 Å². The summed E-state index contributed by atoms with van der Waals surface area (Å²) in [6, 6.07) is 11.0. The molecule has 3 unspecified atom stereocenters. The third-order valence-electron chi connectivity index (χ3n) is 16.7. The first-order valence-corrected chi connectivity index (χ1v) is 21.3. The lowest BCUT2D eigenvalue weighted by atomic mass is 9.33. The highest BCUT2D eigenvalue weighted by Crippen LogP contribution is 2.77. The molecule has 0 amide bonds. The number of benzene rings is 1. The zero-order valence-corrected chi connectivity index (χ0v) is 35.6. The summed E-state index contributed by atoms with van der Waals surface area (Å²) in [4.78, 5) is 41.3. The highest BCUT2D eigenvalue weighted by atomic mass is 16.5. The molecule has 5 aliphatic carbocycles. The number of Topliss-reactive ketones (excluding diaryl/α,β-unsaturated/α-hetero) is 1. The van der Waals surface area contributed by atoms with E-state index in [1.807, 2.05) is 0 Å². The highest BCUT2D eigenvalue weighted by Gasteiger charge is 2.70. The van der Waals surface area contributed by atoms with E-state index in [9.17, 15) is 19.5 Å². The third-order valence-corrected chi connectivity index (χ3v) is 16.7. The molecule has 0 radical (unpaired) electrons. The maximum atomic E-state index is 14.2. The molecule has 0 bridgehead atoms. The standard InChI is InChI=1S/C47H72N2O5/c1-30(2)39-34(50)27-47(25-26-48-33(29-49(10)11)31-15-13-12-14-16-31)24-23-45(8)32(40(39)47)17-18-36-44(7)21-20-37(54-38(51)28-42(3,4)41(52)53)43(5,6)35(44)19-22-46(36,45)9/h12-16,30,32-33,35-37,48H,17-29H2,1-11H3,(H,52,53)/t32?,33?,35-,36+,37-,44-,45+,46+,47?/m0/s1. The minimum absolute atomic E-state index is 0.0589. The van der Waals surface area contributed by atoms with Crippen LogP contribution in [-0.4, -0.2) is 61.0 Å². The number of nitrogens with zero attached hydrogens (tertiary/aromatic N) is 1. The number of aliphatic carboxylic acids is 1. The Hall–Kier alpha value is -2.51. The largest absolute Gasteiger partial charge is 0.481 e. The van der Waals surface area contributed by atoms with Crippen LogP contribution in [0.5, 0.6) is 0 Å². The molecular formula is C47H72N2O5. The number of esters is 1.